The van der Waals surface area contributed by atoms with Crippen LogP contribution in [-0.4, -0.2) is 33.7 Å². The van der Waals surface area contributed by atoms with Crippen LogP contribution >= 0.6 is 15.9 Å². The SMILES string of the molecule is O=C(c1ccc(Br)cc1)N1CCC(Cn2nc3c(cc2=O)CCC3)CC1. The molecular formula is C20H22BrN3O2. The van der Waals surface area contributed by atoms with E-state index in [-0.39, 0.29) is 11.5 Å². The molecule has 136 valence electrons. The number of piperidine rings is 1. The van der Waals surface area contributed by atoms with Gasteiger partial charge in [-0.2, -0.15) is 5.10 Å². The number of carbonyl (C=O) groups excluding carboxylic acids is 1. The highest BCUT2D eigenvalue weighted by Gasteiger charge is 2.25. The maximum Gasteiger partial charge on any atom is 0.267 e. The molecule has 1 aromatic carbocycles. The summed E-state index contributed by atoms with van der Waals surface area (Å²) in [5.74, 6) is 0.484. The number of rotatable bonds is 3. The monoisotopic (exact) mass is 415 g/mol. The number of halogens is 1. The Morgan fingerprint density at radius 1 is 1.15 bits per heavy atom. The second-order valence-electron chi connectivity index (χ2n) is 7.23. The van der Waals surface area contributed by atoms with Crippen molar-refractivity contribution in [3.63, 3.8) is 0 Å². The van der Waals surface area contributed by atoms with Crippen LogP contribution in [0.15, 0.2) is 39.6 Å². The zero-order valence-electron chi connectivity index (χ0n) is 14.7. The van der Waals surface area contributed by atoms with Crippen molar-refractivity contribution >= 4 is 21.8 Å². The molecule has 4 rings (SSSR count). The van der Waals surface area contributed by atoms with Crippen LogP contribution in [0.3, 0.4) is 0 Å². The van der Waals surface area contributed by atoms with Gasteiger partial charge in [0.15, 0.2) is 0 Å². The van der Waals surface area contributed by atoms with Crippen molar-refractivity contribution in [3.05, 3.63) is 62.0 Å². The van der Waals surface area contributed by atoms with Gasteiger partial charge < -0.3 is 4.90 Å². The van der Waals surface area contributed by atoms with E-state index < -0.39 is 0 Å². The molecule has 1 amide bonds. The van der Waals surface area contributed by atoms with Gasteiger partial charge in [0.25, 0.3) is 11.5 Å². The van der Waals surface area contributed by atoms with E-state index in [1.165, 1.54) is 0 Å². The van der Waals surface area contributed by atoms with E-state index in [2.05, 4.69) is 21.0 Å². The van der Waals surface area contributed by atoms with Gasteiger partial charge in [-0.1, -0.05) is 15.9 Å². The molecule has 0 bridgehead atoms. The van der Waals surface area contributed by atoms with Gasteiger partial charge in [0.1, 0.15) is 0 Å². The van der Waals surface area contributed by atoms with Gasteiger partial charge in [-0.15, -0.1) is 0 Å². The second-order valence-corrected chi connectivity index (χ2v) is 8.15. The fourth-order valence-electron chi connectivity index (χ4n) is 3.91. The highest BCUT2D eigenvalue weighted by molar-refractivity contribution is 9.10. The first-order valence-electron chi connectivity index (χ1n) is 9.25. The summed E-state index contributed by atoms with van der Waals surface area (Å²) in [4.78, 5) is 26.8. The number of benzene rings is 1. The lowest BCUT2D eigenvalue weighted by molar-refractivity contribution is 0.0680. The quantitative estimate of drug-likeness (QED) is 0.773. The average molecular weight is 416 g/mol. The van der Waals surface area contributed by atoms with Crippen molar-refractivity contribution in [2.45, 2.75) is 38.6 Å². The number of carbonyl (C=O) groups is 1. The van der Waals surface area contributed by atoms with E-state index in [9.17, 15) is 9.59 Å². The van der Waals surface area contributed by atoms with Gasteiger partial charge in [-0.25, -0.2) is 4.68 Å². The molecule has 6 heteroatoms. The number of fused-ring (bicyclic) bond motifs is 1. The first kappa shape index (κ1) is 17.5. The predicted octanol–water partition coefficient (Wildman–Crippen LogP) is 3.05. The standard InChI is InChI=1S/C20H22BrN3O2/c21-17-6-4-15(5-7-17)20(26)23-10-8-14(9-11-23)13-24-19(25)12-16-2-1-3-18(16)22-24/h4-7,12,14H,1-3,8-11,13H2. The zero-order valence-corrected chi connectivity index (χ0v) is 16.2. The Bertz CT molecular complexity index is 868. The summed E-state index contributed by atoms with van der Waals surface area (Å²) >= 11 is 3.40. The first-order valence-corrected chi connectivity index (χ1v) is 10.0. The van der Waals surface area contributed by atoms with E-state index in [4.69, 9.17) is 0 Å². The van der Waals surface area contributed by atoms with Crippen LogP contribution in [0.1, 0.15) is 40.9 Å². The van der Waals surface area contributed by atoms with Crippen LogP contribution < -0.4 is 5.56 Å². The molecule has 1 aromatic heterocycles. The summed E-state index contributed by atoms with van der Waals surface area (Å²) in [6.45, 7) is 2.13. The van der Waals surface area contributed by atoms with E-state index in [1.807, 2.05) is 29.2 Å². The maximum absolute atomic E-state index is 12.6. The molecule has 2 heterocycles. The number of hydrogen-bond acceptors (Lipinski definition) is 3. The summed E-state index contributed by atoms with van der Waals surface area (Å²) in [6, 6.07) is 9.26. The number of aromatic nitrogens is 2. The Labute approximate surface area is 161 Å². The van der Waals surface area contributed by atoms with Crippen LogP contribution in [0.25, 0.3) is 0 Å². The number of hydrogen-bond donors (Lipinski definition) is 0. The Morgan fingerprint density at radius 2 is 1.88 bits per heavy atom. The van der Waals surface area contributed by atoms with E-state index in [0.717, 1.165) is 66.5 Å². The largest absolute Gasteiger partial charge is 0.339 e. The van der Waals surface area contributed by atoms with Crippen molar-refractivity contribution in [1.29, 1.82) is 0 Å². The molecule has 0 atom stereocenters. The summed E-state index contributed by atoms with van der Waals surface area (Å²) in [5.41, 5.74) is 2.95. The van der Waals surface area contributed by atoms with Crippen molar-refractivity contribution in [3.8, 4) is 0 Å². The lowest BCUT2D eigenvalue weighted by Gasteiger charge is -2.32. The Hall–Kier alpha value is -1.95. The Balaban J connectivity index is 1.37. The average Bonchev–Trinajstić information content (AvgIpc) is 3.10. The fourth-order valence-corrected chi connectivity index (χ4v) is 4.17. The molecule has 0 N–H and O–H groups in total. The lowest BCUT2D eigenvalue weighted by Crippen LogP contribution is -2.40. The molecule has 0 saturated carbocycles. The van der Waals surface area contributed by atoms with Crippen molar-refractivity contribution in [2.24, 2.45) is 5.92 Å². The molecule has 1 aliphatic heterocycles. The van der Waals surface area contributed by atoms with Crippen LogP contribution in [0, 0.1) is 5.92 Å². The molecule has 1 saturated heterocycles. The topological polar surface area (TPSA) is 55.2 Å². The third-order valence-corrected chi connectivity index (χ3v) is 5.98. The summed E-state index contributed by atoms with van der Waals surface area (Å²) in [5, 5.41) is 4.58. The third-order valence-electron chi connectivity index (χ3n) is 5.45. The molecular weight excluding hydrogens is 394 g/mol. The molecule has 1 aliphatic carbocycles. The highest BCUT2D eigenvalue weighted by atomic mass is 79.9. The van der Waals surface area contributed by atoms with Crippen LogP contribution in [0.2, 0.25) is 0 Å². The number of aryl methyl sites for hydroxylation is 2. The minimum atomic E-state index is 0.0130. The normalized spacial score (nSPS) is 17.3. The van der Waals surface area contributed by atoms with Crippen molar-refractivity contribution in [1.82, 2.24) is 14.7 Å². The maximum atomic E-state index is 12.6. The van der Waals surface area contributed by atoms with Gasteiger partial charge in [-0.3, -0.25) is 9.59 Å². The summed E-state index contributed by atoms with van der Waals surface area (Å²) in [6.07, 6.45) is 4.88. The molecule has 0 spiro atoms. The Morgan fingerprint density at radius 3 is 2.62 bits per heavy atom. The minimum Gasteiger partial charge on any atom is -0.339 e. The molecule has 0 radical (unpaired) electrons. The molecule has 5 nitrogen and oxygen atoms in total. The summed E-state index contributed by atoms with van der Waals surface area (Å²) < 4.78 is 2.61. The van der Waals surface area contributed by atoms with Crippen molar-refractivity contribution < 1.29 is 4.79 Å². The van der Waals surface area contributed by atoms with Gasteiger partial charge in [0, 0.05) is 35.7 Å². The highest BCUT2D eigenvalue weighted by Crippen LogP contribution is 2.22. The molecule has 0 unspecified atom stereocenters. The smallest absolute Gasteiger partial charge is 0.267 e. The Kier molecular flexibility index (Phi) is 4.94. The number of likely N-dealkylation sites (tertiary alicyclic amines) is 1. The lowest BCUT2D eigenvalue weighted by atomic mass is 9.96. The second kappa shape index (κ2) is 7.35. The number of amides is 1. The third kappa shape index (κ3) is 3.61. The zero-order chi connectivity index (χ0) is 18.1. The fraction of sp³-hybridized carbons (Fsp3) is 0.450. The van der Waals surface area contributed by atoms with Gasteiger partial charge in [0.05, 0.1) is 5.69 Å². The first-order chi connectivity index (χ1) is 12.6. The molecule has 2 aliphatic rings. The van der Waals surface area contributed by atoms with Crippen LogP contribution in [0.4, 0.5) is 0 Å². The predicted molar refractivity (Wildman–Crippen MR) is 103 cm³/mol. The van der Waals surface area contributed by atoms with Crippen LogP contribution in [-0.2, 0) is 19.4 Å². The van der Waals surface area contributed by atoms with E-state index >= 15 is 0 Å². The molecule has 2 aromatic rings. The van der Waals surface area contributed by atoms with E-state index in [1.54, 1.807) is 10.7 Å². The molecule has 1 fully saturated rings. The van der Waals surface area contributed by atoms with Gasteiger partial charge in [0.2, 0.25) is 0 Å². The van der Waals surface area contributed by atoms with E-state index in [0.29, 0.717) is 12.5 Å². The van der Waals surface area contributed by atoms with Crippen molar-refractivity contribution in [2.75, 3.05) is 13.1 Å². The van der Waals surface area contributed by atoms with Gasteiger partial charge >= 0.3 is 0 Å². The summed E-state index contributed by atoms with van der Waals surface area (Å²) in [7, 11) is 0. The molecule has 26 heavy (non-hydrogen) atoms. The minimum absolute atomic E-state index is 0.0130. The van der Waals surface area contributed by atoms with Crippen LogP contribution in [0.5, 0.6) is 0 Å². The number of nitrogens with zero attached hydrogens (tertiary/aromatic N) is 3. The van der Waals surface area contributed by atoms with Gasteiger partial charge in [-0.05, 0) is 67.9 Å².